The maximum absolute atomic E-state index is 13.7. The number of hydrogen-bond acceptors (Lipinski definition) is 10. The Morgan fingerprint density at radius 2 is 1.86 bits per heavy atom. The Balaban J connectivity index is 1.21. The van der Waals surface area contributed by atoms with Gasteiger partial charge in [-0.05, 0) is 84.9 Å². The average Bonchev–Trinajstić information content (AvgIpc) is 3.94. The molecule has 1 spiro atoms. The summed E-state index contributed by atoms with van der Waals surface area (Å²) >= 11 is 0. The van der Waals surface area contributed by atoms with E-state index in [1.807, 2.05) is 49.5 Å². The van der Waals surface area contributed by atoms with Gasteiger partial charge in [-0.25, -0.2) is 0 Å². The normalized spacial score (nSPS) is 23.1. The average molecular weight is 775 g/mol. The topological polar surface area (TPSA) is 164 Å². The van der Waals surface area contributed by atoms with Gasteiger partial charge in [0.25, 0.3) is 0 Å². The number of unbranched alkanes of at least 4 members (excludes halogenated alkanes) is 2. The fourth-order valence-corrected chi connectivity index (χ4v) is 9.22. The van der Waals surface area contributed by atoms with Gasteiger partial charge >= 0.3 is 0 Å². The van der Waals surface area contributed by atoms with E-state index < -0.39 is 48.0 Å². The van der Waals surface area contributed by atoms with Crippen molar-refractivity contribution in [2.24, 2.45) is 33.7 Å². The van der Waals surface area contributed by atoms with Gasteiger partial charge in [-0.2, -0.15) is 0 Å². The first-order valence-corrected chi connectivity index (χ1v) is 21.0. The zero-order valence-electron chi connectivity index (χ0n) is 33.4. The quantitative estimate of drug-likeness (QED) is 0.0845. The third-order valence-corrected chi connectivity index (χ3v) is 12.5. The van der Waals surface area contributed by atoms with E-state index in [-0.39, 0.29) is 18.6 Å². The van der Waals surface area contributed by atoms with Crippen LogP contribution in [0.5, 0.6) is 11.5 Å². The maximum atomic E-state index is 13.7. The zero-order chi connectivity index (χ0) is 40.1. The highest BCUT2D eigenvalue weighted by atomic mass is 16.5. The number of ketones is 1. The predicted molar refractivity (Wildman–Crippen MR) is 220 cm³/mol. The van der Waals surface area contributed by atoms with Crippen LogP contribution in [-0.2, 0) is 17.6 Å². The van der Waals surface area contributed by atoms with Crippen molar-refractivity contribution < 1.29 is 29.6 Å². The highest BCUT2D eigenvalue weighted by Crippen LogP contribution is 2.49. The highest BCUT2D eigenvalue weighted by molar-refractivity contribution is 5.87. The standard InChI is InChI=1S/C47H58N4O6/c1-3-5-6-10-36(42(55)26-34(52)9-4-2)41(54)16-11-30-12-18-43-44(23-30)57-46-38(47(21-22-56-43)19-7-8-20-47)15-17-40(53)35-14-13-31(45(48)49)24-32(35)25-33-27-50-39-29-51(46)28-37(33)39/h12-14,18,23-24,27,29,34,36,38,40,42,45-46,52-53,55H,3-11,16,19-20,25-26,28,48-49H2,1-2H3/t34-,36-,38-,40+,42-,46+/m1/s1. The molecule has 0 aromatic heterocycles. The molecule has 2 aromatic rings. The second-order valence-corrected chi connectivity index (χ2v) is 16.6. The van der Waals surface area contributed by atoms with Crippen LogP contribution in [0.4, 0.5) is 0 Å². The molecule has 1 saturated carbocycles. The molecule has 2 aromatic carbocycles. The van der Waals surface area contributed by atoms with Gasteiger partial charge in [0, 0.05) is 36.9 Å². The van der Waals surface area contributed by atoms with Crippen molar-refractivity contribution in [2.75, 3.05) is 6.54 Å². The van der Waals surface area contributed by atoms with Crippen LogP contribution >= 0.6 is 0 Å². The molecule has 0 saturated heterocycles. The first-order chi connectivity index (χ1) is 27.6. The number of aliphatic hydroxyl groups excluding tert-OH is 3. The van der Waals surface area contributed by atoms with Crippen molar-refractivity contribution in [3.63, 3.8) is 0 Å². The number of aryl methyl sites for hydroxylation is 1. The molecular weight excluding hydrogens is 717 g/mol. The molecule has 7 N–H and O–H groups in total. The van der Waals surface area contributed by atoms with Gasteiger partial charge in [0.05, 0.1) is 35.4 Å². The Kier molecular flexibility index (Phi) is 12.9. The van der Waals surface area contributed by atoms with Gasteiger partial charge < -0.3 is 41.2 Å². The summed E-state index contributed by atoms with van der Waals surface area (Å²) in [4.78, 5) is 20.7. The van der Waals surface area contributed by atoms with Crippen LogP contribution in [0, 0.1) is 41.1 Å². The lowest BCUT2D eigenvalue weighted by atomic mass is 9.73. The van der Waals surface area contributed by atoms with Crippen molar-refractivity contribution >= 4 is 12.0 Å². The molecule has 6 atom stereocenters. The first kappa shape index (κ1) is 40.8. The molecule has 7 rings (SSSR count). The van der Waals surface area contributed by atoms with Crippen LogP contribution in [0.2, 0.25) is 0 Å². The number of hydrogen-bond donors (Lipinski definition) is 5. The summed E-state index contributed by atoms with van der Waals surface area (Å²) in [5, 5.41) is 33.3. The molecule has 0 radical (unpaired) electrons. The summed E-state index contributed by atoms with van der Waals surface area (Å²) in [6.07, 6.45) is 13.1. The number of aliphatic imine (C=N–C) groups is 1. The predicted octanol–water partition coefficient (Wildman–Crippen LogP) is 6.28. The molecule has 4 aliphatic heterocycles. The van der Waals surface area contributed by atoms with Crippen LogP contribution in [0.25, 0.3) is 0 Å². The third-order valence-electron chi connectivity index (χ3n) is 12.5. The fourth-order valence-electron chi connectivity index (χ4n) is 9.22. The molecule has 10 nitrogen and oxygen atoms in total. The molecule has 2 bridgehead atoms. The molecule has 10 heteroatoms. The molecular formula is C47H58N4O6. The molecule has 57 heavy (non-hydrogen) atoms. The minimum atomic E-state index is -1.07. The second-order valence-electron chi connectivity index (χ2n) is 16.6. The number of ether oxygens (including phenoxy) is 2. The Hall–Kier alpha value is -4.42. The van der Waals surface area contributed by atoms with E-state index in [0.717, 1.165) is 84.9 Å². The van der Waals surface area contributed by atoms with Gasteiger partial charge in [0.1, 0.15) is 18.0 Å². The number of carbonyl (C=O) groups is 1. The molecule has 302 valence electrons. The lowest BCUT2D eigenvalue weighted by Gasteiger charge is -2.39. The monoisotopic (exact) mass is 774 g/mol. The summed E-state index contributed by atoms with van der Waals surface area (Å²) in [5.41, 5.74) is 17.9. The minimum Gasteiger partial charge on any atom is -0.465 e. The Morgan fingerprint density at radius 3 is 2.63 bits per heavy atom. The van der Waals surface area contributed by atoms with E-state index in [0.29, 0.717) is 49.3 Å². The number of rotatable bonds is 14. The lowest BCUT2D eigenvalue weighted by molar-refractivity contribution is -0.127. The van der Waals surface area contributed by atoms with Crippen LogP contribution in [0.1, 0.15) is 125 Å². The number of nitrogens with two attached hydrogens (primary N) is 2. The Bertz CT molecular complexity index is 2030. The van der Waals surface area contributed by atoms with Crippen LogP contribution in [0.3, 0.4) is 0 Å². The van der Waals surface area contributed by atoms with E-state index in [4.69, 9.17) is 25.9 Å². The minimum absolute atomic E-state index is 0.00815. The molecule has 5 aliphatic rings. The molecule has 1 fully saturated rings. The largest absolute Gasteiger partial charge is 0.465 e. The van der Waals surface area contributed by atoms with Crippen molar-refractivity contribution in [2.45, 2.75) is 134 Å². The SMILES string of the molecule is CCCCC[C@H](C(=O)CCc1ccc2c(c1)O[C@H]1[C@@H](C#C[C@H](O)c3ccc(C(N)N)cc3CC3=C4CN1C=C4N=C3)C1(C#CO2)CCCC1)[C@H](O)C[C@H](O)CCC. The molecule has 1 aliphatic carbocycles. The van der Waals surface area contributed by atoms with E-state index in [2.05, 4.69) is 41.9 Å². The maximum Gasteiger partial charge on any atom is 0.187 e. The number of fused-ring (bicyclic) bond motifs is 6. The number of aliphatic hydroxyl groups is 3. The van der Waals surface area contributed by atoms with Crippen molar-refractivity contribution in [3.8, 4) is 35.4 Å². The molecule has 0 amide bonds. The van der Waals surface area contributed by atoms with Crippen LogP contribution < -0.4 is 20.9 Å². The fraction of sp³-hybridized carbons (Fsp3) is 0.532. The van der Waals surface area contributed by atoms with E-state index >= 15 is 0 Å². The van der Waals surface area contributed by atoms with Crippen molar-refractivity contribution in [1.29, 1.82) is 0 Å². The van der Waals surface area contributed by atoms with Gasteiger partial charge in [0.15, 0.2) is 17.7 Å². The first-order valence-electron chi connectivity index (χ1n) is 21.0. The van der Waals surface area contributed by atoms with Crippen molar-refractivity contribution in [1.82, 2.24) is 4.90 Å². The number of nitrogens with zero attached hydrogens (tertiary/aromatic N) is 2. The Morgan fingerprint density at radius 1 is 1.04 bits per heavy atom. The summed E-state index contributed by atoms with van der Waals surface area (Å²) in [6.45, 7) is 4.68. The van der Waals surface area contributed by atoms with Crippen LogP contribution in [0.15, 0.2) is 64.4 Å². The molecule has 4 heterocycles. The van der Waals surface area contributed by atoms with E-state index in [1.54, 1.807) is 0 Å². The number of carbonyl (C=O) groups excluding carboxylic acids is 1. The lowest BCUT2D eigenvalue weighted by Crippen LogP contribution is -2.47. The van der Waals surface area contributed by atoms with E-state index in [9.17, 15) is 20.1 Å². The number of Topliss-reactive ketones (excluding diaryl/α,β-unsaturated/α-hetero) is 1. The van der Waals surface area contributed by atoms with Gasteiger partial charge in [-0.1, -0.05) is 94.4 Å². The summed E-state index contributed by atoms with van der Waals surface area (Å²) in [7, 11) is 0. The molecule has 0 unspecified atom stereocenters. The van der Waals surface area contributed by atoms with Gasteiger partial charge in [-0.3, -0.25) is 9.79 Å². The highest BCUT2D eigenvalue weighted by Gasteiger charge is 2.48. The number of benzene rings is 2. The third kappa shape index (κ3) is 9.02. The Labute approximate surface area is 337 Å². The summed E-state index contributed by atoms with van der Waals surface area (Å²) in [5.74, 6) is 10.3. The van der Waals surface area contributed by atoms with E-state index in [1.165, 1.54) is 0 Å². The zero-order valence-corrected chi connectivity index (χ0v) is 33.4. The summed E-state index contributed by atoms with van der Waals surface area (Å²) in [6, 6.07) is 11.4. The van der Waals surface area contributed by atoms with Gasteiger partial charge in [-0.15, -0.1) is 0 Å². The smallest absolute Gasteiger partial charge is 0.187 e. The van der Waals surface area contributed by atoms with Crippen LogP contribution in [-0.4, -0.2) is 57.2 Å². The number of allylic oxidation sites excluding steroid dienone is 1. The van der Waals surface area contributed by atoms with Gasteiger partial charge in [0.2, 0.25) is 0 Å². The summed E-state index contributed by atoms with van der Waals surface area (Å²) < 4.78 is 13.2. The van der Waals surface area contributed by atoms with Crippen molar-refractivity contribution in [3.05, 3.63) is 81.7 Å². The second kappa shape index (κ2) is 18.0.